The molecule has 108 valence electrons. The molecule has 0 aliphatic heterocycles. The third kappa shape index (κ3) is 2.89. The average molecular weight is 285 g/mol. The summed E-state index contributed by atoms with van der Waals surface area (Å²) in [5.74, 6) is 0.0130. The van der Waals surface area contributed by atoms with E-state index in [0.717, 1.165) is 6.07 Å². The highest BCUT2D eigenvalue weighted by Crippen LogP contribution is 2.31. The van der Waals surface area contributed by atoms with Gasteiger partial charge in [0.25, 0.3) is 0 Å². The van der Waals surface area contributed by atoms with Gasteiger partial charge >= 0.3 is 6.18 Å². The Morgan fingerprint density at radius 3 is 2.45 bits per heavy atom. The molecule has 2 aromatic heterocycles. The van der Waals surface area contributed by atoms with Crippen molar-refractivity contribution in [1.29, 1.82) is 0 Å². The minimum absolute atomic E-state index is 0.0130. The van der Waals surface area contributed by atoms with E-state index in [1.54, 1.807) is 25.0 Å². The Bertz CT molecular complexity index is 603. The van der Waals surface area contributed by atoms with E-state index in [-0.39, 0.29) is 11.6 Å². The van der Waals surface area contributed by atoms with Crippen LogP contribution in [0, 0.1) is 0 Å². The second kappa shape index (κ2) is 5.10. The van der Waals surface area contributed by atoms with Crippen molar-refractivity contribution in [2.75, 3.05) is 19.0 Å². The highest BCUT2D eigenvalue weighted by molar-refractivity contribution is 5.59. The fourth-order valence-corrected chi connectivity index (χ4v) is 1.60. The van der Waals surface area contributed by atoms with Crippen LogP contribution in [0.4, 0.5) is 19.1 Å². The lowest BCUT2D eigenvalue weighted by Gasteiger charge is -2.14. The third-order valence-electron chi connectivity index (χ3n) is 2.66. The van der Waals surface area contributed by atoms with Gasteiger partial charge in [0.1, 0.15) is 0 Å². The van der Waals surface area contributed by atoms with Gasteiger partial charge in [0.15, 0.2) is 5.69 Å². The van der Waals surface area contributed by atoms with E-state index in [9.17, 15) is 13.2 Å². The van der Waals surface area contributed by atoms with Gasteiger partial charge in [-0.25, -0.2) is 9.97 Å². The van der Waals surface area contributed by atoms with E-state index < -0.39 is 11.9 Å². The second-order valence-corrected chi connectivity index (χ2v) is 4.42. The lowest BCUT2D eigenvalue weighted by molar-refractivity contribution is -0.141. The van der Waals surface area contributed by atoms with Crippen molar-refractivity contribution in [3.63, 3.8) is 0 Å². The van der Waals surface area contributed by atoms with Crippen LogP contribution >= 0.6 is 0 Å². The molecule has 0 unspecified atom stereocenters. The van der Waals surface area contributed by atoms with Crippen LogP contribution in [-0.2, 0) is 12.7 Å². The van der Waals surface area contributed by atoms with Crippen LogP contribution in [0.2, 0.25) is 0 Å². The van der Waals surface area contributed by atoms with E-state index >= 15 is 0 Å². The monoisotopic (exact) mass is 285 g/mol. The number of alkyl halides is 3. The Labute approximate surface area is 114 Å². The number of rotatable bonds is 3. The minimum atomic E-state index is -4.51. The molecule has 0 bridgehead atoms. The number of halogens is 3. The molecule has 0 aliphatic rings. The molecule has 2 heterocycles. The third-order valence-corrected chi connectivity index (χ3v) is 2.66. The summed E-state index contributed by atoms with van der Waals surface area (Å²) in [6, 6.07) is 0.935. The predicted molar refractivity (Wildman–Crippen MR) is 68.3 cm³/mol. The van der Waals surface area contributed by atoms with Crippen molar-refractivity contribution >= 4 is 5.95 Å². The summed E-state index contributed by atoms with van der Waals surface area (Å²) in [5.41, 5.74) is -0.228. The van der Waals surface area contributed by atoms with Gasteiger partial charge in [-0.3, -0.25) is 4.68 Å². The summed E-state index contributed by atoms with van der Waals surface area (Å²) < 4.78 is 40.2. The van der Waals surface area contributed by atoms with Gasteiger partial charge in [-0.1, -0.05) is 0 Å². The number of aromatic nitrogens is 4. The zero-order valence-corrected chi connectivity index (χ0v) is 11.3. The Kier molecular flexibility index (Phi) is 3.65. The molecule has 0 spiro atoms. The molecule has 0 atom stereocenters. The predicted octanol–water partition coefficient (Wildman–Crippen LogP) is 2.44. The molecule has 2 aromatic rings. The number of hydrogen-bond donors (Lipinski definition) is 0. The molecule has 0 fully saturated rings. The molecule has 0 amide bonds. The second-order valence-electron chi connectivity index (χ2n) is 4.42. The van der Waals surface area contributed by atoms with Crippen LogP contribution in [0.3, 0.4) is 0 Å². The normalized spacial score (nSPS) is 11.7. The molecular weight excluding hydrogens is 271 g/mol. The van der Waals surface area contributed by atoms with Crippen LogP contribution in [0.1, 0.15) is 12.6 Å². The molecule has 20 heavy (non-hydrogen) atoms. The standard InChI is InChI=1S/C12H14F3N5/c1-4-20-7-8(6-16-20)9-5-10(12(13,14)15)18-11(17-9)19(2)3/h5-7H,4H2,1-3H3. The molecule has 0 N–H and O–H groups in total. The van der Waals surface area contributed by atoms with Crippen LogP contribution < -0.4 is 4.90 Å². The number of hydrogen-bond acceptors (Lipinski definition) is 4. The first-order valence-electron chi connectivity index (χ1n) is 5.97. The van der Waals surface area contributed by atoms with Gasteiger partial charge < -0.3 is 4.90 Å². The van der Waals surface area contributed by atoms with Crippen LogP contribution in [0.5, 0.6) is 0 Å². The molecule has 5 nitrogen and oxygen atoms in total. The molecule has 0 aliphatic carbocycles. The fraction of sp³-hybridized carbons (Fsp3) is 0.417. The Morgan fingerprint density at radius 1 is 1.25 bits per heavy atom. The van der Waals surface area contributed by atoms with Crippen molar-refractivity contribution in [3.8, 4) is 11.3 Å². The summed E-state index contributed by atoms with van der Waals surface area (Å²) in [4.78, 5) is 9.08. The smallest absolute Gasteiger partial charge is 0.347 e. The molecule has 2 rings (SSSR count). The van der Waals surface area contributed by atoms with Crippen molar-refractivity contribution in [2.24, 2.45) is 0 Å². The van der Waals surface area contributed by atoms with Gasteiger partial charge in [-0.05, 0) is 13.0 Å². The van der Waals surface area contributed by atoms with Crippen LogP contribution in [-0.4, -0.2) is 33.8 Å². The van der Waals surface area contributed by atoms with Crippen LogP contribution in [0.15, 0.2) is 18.5 Å². The number of aryl methyl sites for hydroxylation is 1. The highest BCUT2D eigenvalue weighted by atomic mass is 19.4. The van der Waals surface area contributed by atoms with Gasteiger partial charge in [-0.15, -0.1) is 0 Å². The zero-order chi connectivity index (χ0) is 14.9. The van der Waals surface area contributed by atoms with Gasteiger partial charge in [-0.2, -0.15) is 18.3 Å². The van der Waals surface area contributed by atoms with Crippen molar-refractivity contribution < 1.29 is 13.2 Å². The maximum Gasteiger partial charge on any atom is 0.433 e. The van der Waals surface area contributed by atoms with E-state index in [2.05, 4.69) is 15.1 Å². The summed E-state index contributed by atoms with van der Waals surface area (Å²) >= 11 is 0. The van der Waals surface area contributed by atoms with Gasteiger partial charge in [0.05, 0.1) is 11.9 Å². The number of nitrogens with zero attached hydrogens (tertiary/aromatic N) is 5. The molecule has 8 heteroatoms. The Morgan fingerprint density at radius 2 is 1.95 bits per heavy atom. The summed E-state index contributed by atoms with van der Waals surface area (Å²) in [6.45, 7) is 2.53. The minimum Gasteiger partial charge on any atom is -0.347 e. The largest absolute Gasteiger partial charge is 0.433 e. The summed E-state index contributed by atoms with van der Waals surface area (Å²) in [6.07, 6.45) is -1.36. The fourth-order valence-electron chi connectivity index (χ4n) is 1.60. The van der Waals surface area contributed by atoms with Gasteiger partial charge in [0.2, 0.25) is 5.95 Å². The lowest BCUT2D eigenvalue weighted by atomic mass is 10.2. The first-order valence-corrected chi connectivity index (χ1v) is 5.97. The first kappa shape index (κ1) is 14.3. The van der Waals surface area contributed by atoms with E-state index in [1.165, 1.54) is 11.1 Å². The molecule has 0 aromatic carbocycles. The highest BCUT2D eigenvalue weighted by Gasteiger charge is 2.34. The molecular formula is C12H14F3N5. The number of anilines is 1. The molecule has 0 saturated carbocycles. The van der Waals surface area contributed by atoms with Crippen molar-refractivity contribution in [3.05, 3.63) is 24.2 Å². The van der Waals surface area contributed by atoms with Crippen molar-refractivity contribution in [2.45, 2.75) is 19.6 Å². The zero-order valence-electron chi connectivity index (χ0n) is 11.3. The molecule has 0 radical (unpaired) electrons. The maximum absolute atomic E-state index is 12.9. The Balaban J connectivity index is 2.54. The van der Waals surface area contributed by atoms with E-state index in [4.69, 9.17) is 0 Å². The van der Waals surface area contributed by atoms with E-state index in [1.807, 2.05) is 6.92 Å². The summed E-state index contributed by atoms with van der Waals surface area (Å²) in [5, 5.41) is 4.04. The quantitative estimate of drug-likeness (QED) is 0.869. The van der Waals surface area contributed by atoms with Crippen molar-refractivity contribution in [1.82, 2.24) is 19.7 Å². The summed E-state index contributed by atoms with van der Waals surface area (Å²) in [7, 11) is 3.18. The van der Waals surface area contributed by atoms with Crippen LogP contribution in [0.25, 0.3) is 11.3 Å². The SMILES string of the molecule is CCn1cc(-c2cc(C(F)(F)F)nc(N(C)C)n2)cn1. The van der Waals surface area contributed by atoms with Gasteiger partial charge in [0, 0.05) is 32.4 Å². The van der Waals surface area contributed by atoms with E-state index in [0.29, 0.717) is 12.1 Å². The first-order chi connectivity index (χ1) is 9.31. The molecule has 0 saturated heterocycles. The lowest BCUT2D eigenvalue weighted by Crippen LogP contribution is -2.17. The maximum atomic E-state index is 12.9. The Hall–Kier alpha value is -2.12. The topological polar surface area (TPSA) is 46.8 Å². The average Bonchev–Trinajstić information content (AvgIpc) is 2.86.